The number of benzene rings is 2. The van der Waals surface area contributed by atoms with Gasteiger partial charge in [0, 0.05) is 50.6 Å². The molecule has 0 unspecified atom stereocenters. The van der Waals surface area contributed by atoms with E-state index in [0.29, 0.717) is 23.9 Å². The van der Waals surface area contributed by atoms with Gasteiger partial charge in [-0.25, -0.2) is 4.39 Å². The molecular weight excluding hydrogens is 387 g/mol. The summed E-state index contributed by atoms with van der Waals surface area (Å²) in [7, 11) is 6.89. The highest BCUT2D eigenvalue weighted by Gasteiger charge is 2.47. The molecule has 0 saturated carbocycles. The van der Waals surface area contributed by atoms with Gasteiger partial charge in [0.1, 0.15) is 21.5 Å². The molecule has 3 heterocycles. The lowest BCUT2D eigenvalue weighted by Crippen LogP contribution is -2.61. The first kappa shape index (κ1) is 20.6. The van der Waals surface area contributed by atoms with Crippen LogP contribution in [0.15, 0.2) is 42.5 Å². The van der Waals surface area contributed by atoms with Crippen molar-refractivity contribution >= 4 is 32.9 Å². The topological polar surface area (TPSA) is 26.8 Å². The van der Waals surface area contributed by atoms with Crippen LogP contribution in [0.4, 0.5) is 15.8 Å². The van der Waals surface area contributed by atoms with Crippen LogP contribution in [0.2, 0.25) is 0 Å². The van der Waals surface area contributed by atoms with Crippen LogP contribution in [0.25, 0.3) is 0 Å². The van der Waals surface area contributed by atoms with E-state index in [0.717, 1.165) is 32.6 Å². The van der Waals surface area contributed by atoms with Gasteiger partial charge >= 0.3 is 0 Å². The summed E-state index contributed by atoms with van der Waals surface area (Å²) in [5, 5.41) is 0.123. The van der Waals surface area contributed by atoms with Gasteiger partial charge in [-0.15, -0.1) is 0 Å². The number of halogens is 1. The molecule has 3 aliphatic heterocycles. The Hall–Kier alpha value is -2.27. The van der Waals surface area contributed by atoms with E-state index in [-0.39, 0.29) is 16.9 Å². The maximum Gasteiger partial charge on any atom is 0.162 e. The molecular formula is C24H30B2FN3O. The van der Waals surface area contributed by atoms with E-state index in [1.54, 1.807) is 12.1 Å². The van der Waals surface area contributed by atoms with Crippen LogP contribution in [-0.2, 0) is 0 Å². The van der Waals surface area contributed by atoms with Crippen molar-refractivity contribution in [1.82, 2.24) is 4.90 Å². The fourth-order valence-electron chi connectivity index (χ4n) is 5.77. The molecule has 31 heavy (non-hydrogen) atoms. The SMILES string of the molecule is BC1(B)CN2c3c(cccc3N1C)[C@@H]1CN(CCCC(=O)c3ccc(F)cc3)CC[C@@H]12. The summed E-state index contributed by atoms with van der Waals surface area (Å²) in [5.41, 5.74) is 4.92. The van der Waals surface area contributed by atoms with E-state index >= 15 is 0 Å². The van der Waals surface area contributed by atoms with E-state index < -0.39 is 0 Å². The second-order valence-corrected chi connectivity index (χ2v) is 10.0. The fraction of sp³-hybridized carbons (Fsp3) is 0.458. The molecule has 5 rings (SSSR count). The van der Waals surface area contributed by atoms with E-state index in [1.165, 1.54) is 35.5 Å². The largest absolute Gasteiger partial charge is 0.381 e. The third kappa shape index (κ3) is 3.57. The molecule has 7 heteroatoms. The van der Waals surface area contributed by atoms with Crippen LogP contribution in [0.5, 0.6) is 0 Å². The van der Waals surface area contributed by atoms with E-state index in [4.69, 9.17) is 0 Å². The normalized spacial score (nSPS) is 24.1. The Balaban J connectivity index is 1.25. The summed E-state index contributed by atoms with van der Waals surface area (Å²) in [6, 6.07) is 13.3. The number of piperidine rings is 1. The number of rotatable bonds is 5. The minimum Gasteiger partial charge on any atom is -0.381 e. The zero-order chi connectivity index (χ0) is 21.8. The standard InChI is InChI=1S/C24H30B2FN3O/c1-28-21-5-2-4-18-19-14-29(12-3-6-22(31)16-7-9-17(27)10-8-16)13-11-20(19)30(23(18)21)15-24(28,25)26/h2,4-5,7-10,19-20H,3,6,11-15,25-26H2,1H3/t19-,20-/m0/s1. The van der Waals surface area contributed by atoms with Gasteiger partial charge in [-0.05, 0) is 60.6 Å². The summed E-state index contributed by atoms with van der Waals surface area (Å²) >= 11 is 0. The predicted molar refractivity (Wildman–Crippen MR) is 130 cm³/mol. The average molecular weight is 417 g/mol. The van der Waals surface area contributed by atoms with Crippen LogP contribution in [0, 0.1) is 5.82 Å². The minimum atomic E-state index is -0.299. The van der Waals surface area contributed by atoms with Crippen molar-refractivity contribution in [2.24, 2.45) is 0 Å². The lowest BCUT2D eigenvalue weighted by molar-refractivity contribution is 0.0971. The molecule has 0 aliphatic carbocycles. The van der Waals surface area contributed by atoms with Crippen molar-refractivity contribution in [1.29, 1.82) is 0 Å². The smallest absolute Gasteiger partial charge is 0.162 e. The summed E-state index contributed by atoms with van der Waals surface area (Å²) in [4.78, 5) is 20.1. The molecule has 0 amide bonds. The monoisotopic (exact) mass is 417 g/mol. The number of likely N-dealkylation sites (N-methyl/N-ethyl adjacent to an activating group) is 1. The van der Waals surface area contributed by atoms with Crippen LogP contribution < -0.4 is 9.80 Å². The van der Waals surface area contributed by atoms with Crippen LogP contribution >= 0.6 is 0 Å². The number of para-hydroxylation sites is 1. The number of fused-ring (bicyclic) bond motifs is 3. The van der Waals surface area contributed by atoms with Crippen LogP contribution in [0.1, 0.15) is 41.1 Å². The van der Waals surface area contributed by atoms with Gasteiger partial charge in [-0.3, -0.25) is 4.79 Å². The Morgan fingerprint density at radius 1 is 1.19 bits per heavy atom. The number of nitrogens with zero attached hydrogens (tertiary/aromatic N) is 3. The van der Waals surface area contributed by atoms with Gasteiger partial charge < -0.3 is 14.7 Å². The minimum absolute atomic E-state index is 0.105. The van der Waals surface area contributed by atoms with Crippen molar-refractivity contribution in [2.75, 3.05) is 43.0 Å². The Morgan fingerprint density at radius 2 is 1.97 bits per heavy atom. The Labute approximate surface area is 186 Å². The third-order valence-electron chi connectivity index (χ3n) is 7.66. The zero-order valence-electron chi connectivity index (χ0n) is 18.8. The molecule has 0 N–H and O–H groups in total. The molecule has 0 aromatic heterocycles. The molecule has 1 saturated heterocycles. The molecule has 1 fully saturated rings. The average Bonchev–Trinajstić information content (AvgIpc) is 3.06. The Kier molecular flexibility index (Phi) is 5.12. The van der Waals surface area contributed by atoms with Crippen LogP contribution in [-0.4, -0.2) is 71.0 Å². The summed E-state index contributed by atoms with van der Waals surface area (Å²) in [5.74, 6) is 0.346. The van der Waals surface area contributed by atoms with E-state index in [1.807, 2.05) is 0 Å². The molecule has 0 bridgehead atoms. The van der Waals surface area contributed by atoms with Gasteiger partial charge in [0.05, 0.1) is 11.4 Å². The molecule has 0 radical (unpaired) electrons. The van der Waals surface area contributed by atoms with Gasteiger partial charge in [0.25, 0.3) is 0 Å². The van der Waals surface area contributed by atoms with Crippen molar-refractivity contribution in [2.45, 2.75) is 36.6 Å². The first-order valence-corrected chi connectivity index (χ1v) is 11.5. The third-order valence-corrected chi connectivity index (χ3v) is 7.66. The van der Waals surface area contributed by atoms with Gasteiger partial charge in [-0.2, -0.15) is 0 Å². The second kappa shape index (κ2) is 7.70. The molecule has 2 atom stereocenters. The van der Waals surface area contributed by atoms with Gasteiger partial charge in [0.15, 0.2) is 5.78 Å². The fourth-order valence-corrected chi connectivity index (χ4v) is 5.77. The quantitative estimate of drug-likeness (QED) is 0.548. The molecule has 2 aromatic rings. The molecule has 3 aliphatic rings. The number of Topliss-reactive ketones (excluding diaryl/α,β-unsaturated/α-hetero) is 1. The highest BCUT2D eigenvalue weighted by atomic mass is 19.1. The number of carbonyl (C=O) groups excluding carboxylic acids is 1. The molecule has 4 nitrogen and oxygen atoms in total. The van der Waals surface area contributed by atoms with Crippen molar-refractivity contribution in [3.63, 3.8) is 0 Å². The van der Waals surface area contributed by atoms with E-state index in [9.17, 15) is 9.18 Å². The lowest BCUT2D eigenvalue weighted by Gasteiger charge is -2.50. The second-order valence-electron chi connectivity index (χ2n) is 10.0. The molecule has 0 spiro atoms. The van der Waals surface area contributed by atoms with Gasteiger partial charge in [-0.1, -0.05) is 12.1 Å². The highest BCUT2D eigenvalue weighted by Crippen LogP contribution is 2.52. The van der Waals surface area contributed by atoms with Crippen LogP contribution in [0.3, 0.4) is 0 Å². The number of carbonyl (C=O) groups is 1. The zero-order valence-corrected chi connectivity index (χ0v) is 18.8. The lowest BCUT2D eigenvalue weighted by atomic mass is 9.59. The summed E-state index contributed by atoms with van der Waals surface area (Å²) < 4.78 is 13.1. The van der Waals surface area contributed by atoms with Crippen molar-refractivity contribution in [3.05, 3.63) is 59.4 Å². The molecule has 160 valence electrons. The summed E-state index contributed by atoms with van der Waals surface area (Å²) in [6.45, 7) is 4.16. The first-order valence-electron chi connectivity index (χ1n) is 11.5. The van der Waals surface area contributed by atoms with E-state index in [2.05, 4.69) is 55.6 Å². The first-order chi connectivity index (χ1) is 14.8. The summed E-state index contributed by atoms with van der Waals surface area (Å²) in [6.07, 6.45) is 2.53. The highest BCUT2D eigenvalue weighted by molar-refractivity contribution is 6.42. The Bertz CT molecular complexity index is 997. The number of likely N-dealkylation sites (tertiary alicyclic amines) is 1. The van der Waals surface area contributed by atoms with Gasteiger partial charge in [0.2, 0.25) is 0 Å². The number of hydrogen-bond acceptors (Lipinski definition) is 4. The van der Waals surface area contributed by atoms with Crippen molar-refractivity contribution in [3.8, 4) is 0 Å². The predicted octanol–water partition coefficient (Wildman–Crippen LogP) is 1.84. The maximum atomic E-state index is 13.1. The molecule has 2 aromatic carbocycles. The number of hydrogen-bond donors (Lipinski definition) is 0. The Morgan fingerprint density at radius 3 is 2.74 bits per heavy atom. The maximum absolute atomic E-state index is 13.1. The number of anilines is 2. The van der Waals surface area contributed by atoms with Crippen molar-refractivity contribution < 1.29 is 9.18 Å². The number of ketones is 1.